The first-order chi connectivity index (χ1) is 19.7. The second kappa shape index (κ2) is 14.1. The van der Waals surface area contributed by atoms with Gasteiger partial charge in [0.2, 0.25) is 0 Å². The van der Waals surface area contributed by atoms with Gasteiger partial charge in [0.05, 0.1) is 23.3 Å². The summed E-state index contributed by atoms with van der Waals surface area (Å²) in [6.07, 6.45) is 4.95. The SMILES string of the molecule is COc1cc2c(Oc3ccc(NC(=O)NCCC(C)(C)C)c(Cl)c3)ccnc2cc1OC(CCO)C1CCNCC1. The van der Waals surface area contributed by atoms with Crippen LogP contribution < -0.4 is 30.2 Å². The number of rotatable bonds is 11. The maximum absolute atomic E-state index is 12.3. The van der Waals surface area contributed by atoms with E-state index in [4.69, 9.17) is 25.8 Å². The smallest absolute Gasteiger partial charge is 0.319 e. The zero-order chi connectivity index (χ0) is 29.4. The number of hydrogen-bond acceptors (Lipinski definition) is 7. The number of fused-ring (bicyclic) bond motifs is 1. The summed E-state index contributed by atoms with van der Waals surface area (Å²) in [6.45, 7) is 8.89. The van der Waals surface area contributed by atoms with Crippen LogP contribution in [0, 0.1) is 11.3 Å². The van der Waals surface area contributed by atoms with E-state index in [1.165, 1.54) is 0 Å². The van der Waals surface area contributed by atoms with E-state index in [2.05, 4.69) is 41.7 Å². The number of nitrogens with zero attached hydrogens (tertiary/aromatic N) is 1. The van der Waals surface area contributed by atoms with Gasteiger partial charge < -0.3 is 35.3 Å². The number of aliphatic hydroxyl groups is 1. The molecule has 9 nitrogen and oxygen atoms in total. The molecule has 0 radical (unpaired) electrons. The number of methoxy groups -OCH3 is 1. The van der Waals surface area contributed by atoms with Crippen LogP contribution in [0.4, 0.5) is 10.5 Å². The Balaban J connectivity index is 1.49. The maximum atomic E-state index is 12.3. The van der Waals surface area contributed by atoms with Crippen molar-refractivity contribution in [3.05, 3.63) is 47.6 Å². The lowest BCUT2D eigenvalue weighted by molar-refractivity contribution is 0.0819. The number of ether oxygens (including phenoxy) is 3. The van der Waals surface area contributed by atoms with E-state index in [1.807, 2.05) is 12.1 Å². The lowest BCUT2D eigenvalue weighted by Gasteiger charge is -2.31. The molecule has 1 aliphatic rings. The highest BCUT2D eigenvalue weighted by Crippen LogP contribution is 2.39. The maximum Gasteiger partial charge on any atom is 0.319 e. The summed E-state index contributed by atoms with van der Waals surface area (Å²) in [7, 11) is 1.60. The molecule has 1 fully saturated rings. The molecule has 10 heteroatoms. The molecule has 1 unspecified atom stereocenters. The largest absolute Gasteiger partial charge is 0.493 e. The summed E-state index contributed by atoms with van der Waals surface area (Å²) in [5.74, 6) is 2.57. The number of amides is 2. The third-order valence-electron chi connectivity index (χ3n) is 7.17. The molecular formula is C31H41ClN4O5. The van der Waals surface area contributed by atoms with Gasteiger partial charge in [-0.2, -0.15) is 0 Å². The number of halogens is 1. The van der Waals surface area contributed by atoms with Crippen molar-refractivity contribution in [2.24, 2.45) is 11.3 Å². The van der Waals surface area contributed by atoms with Crippen LogP contribution in [-0.2, 0) is 0 Å². The van der Waals surface area contributed by atoms with Gasteiger partial charge in [-0.05, 0) is 68.0 Å². The average Bonchev–Trinajstić information content (AvgIpc) is 2.94. The van der Waals surface area contributed by atoms with Crippen LogP contribution in [0.25, 0.3) is 10.9 Å². The van der Waals surface area contributed by atoms with E-state index in [9.17, 15) is 9.90 Å². The van der Waals surface area contributed by atoms with Gasteiger partial charge in [0.15, 0.2) is 11.5 Å². The quantitative estimate of drug-likeness (QED) is 0.207. The van der Waals surface area contributed by atoms with E-state index in [1.54, 1.807) is 37.6 Å². The summed E-state index contributed by atoms with van der Waals surface area (Å²) < 4.78 is 18.3. The molecule has 41 heavy (non-hydrogen) atoms. The van der Waals surface area contributed by atoms with Gasteiger partial charge >= 0.3 is 6.03 Å². The summed E-state index contributed by atoms with van der Waals surface area (Å²) in [4.78, 5) is 16.8. The predicted molar refractivity (Wildman–Crippen MR) is 163 cm³/mol. The Kier molecular flexibility index (Phi) is 10.5. The Morgan fingerprint density at radius 2 is 1.93 bits per heavy atom. The first kappa shape index (κ1) is 30.7. The molecule has 222 valence electrons. The van der Waals surface area contributed by atoms with Gasteiger partial charge in [-0.25, -0.2) is 4.79 Å². The van der Waals surface area contributed by atoms with Gasteiger partial charge in [-0.1, -0.05) is 32.4 Å². The van der Waals surface area contributed by atoms with Crippen molar-refractivity contribution in [3.63, 3.8) is 0 Å². The highest BCUT2D eigenvalue weighted by Gasteiger charge is 2.26. The zero-order valence-electron chi connectivity index (χ0n) is 24.3. The first-order valence-corrected chi connectivity index (χ1v) is 14.5. The van der Waals surface area contributed by atoms with Crippen LogP contribution >= 0.6 is 11.6 Å². The zero-order valence-corrected chi connectivity index (χ0v) is 25.0. The van der Waals surface area contributed by atoms with E-state index < -0.39 is 0 Å². The Bertz CT molecular complexity index is 1320. The number of benzene rings is 2. The van der Waals surface area contributed by atoms with E-state index in [0.29, 0.717) is 58.1 Å². The lowest BCUT2D eigenvalue weighted by atomic mass is 9.90. The molecule has 2 aromatic carbocycles. The van der Waals surface area contributed by atoms with Gasteiger partial charge in [0.1, 0.15) is 17.6 Å². The minimum atomic E-state index is -0.309. The van der Waals surface area contributed by atoms with Gasteiger partial charge in [0.25, 0.3) is 0 Å². The van der Waals surface area contributed by atoms with Crippen LogP contribution in [0.2, 0.25) is 5.02 Å². The number of piperidine rings is 1. The number of urea groups is 1. The fraction of sp³-hybridized carbons (Fsp3) is 0.484. The molecule has 2 heterocycles. The van der Waals surface area contributed by atoms with Gasteiger partial charge in [-0.3, -0.25) is 4.98 Å². The molecule has 1 atom stereocenters. The number of hydrogen-bond donors (Lipinski definition) is 4. The highest BCUT2D eigenvalue weighted by molar-refractivity contribution is 6.33. The molecule has 0 saturated carbocycles. The Labute approximate surface area is 246 Å². The van der Waals surface area contributed by atoms with Crippen molar-refractivity contribution in [2.45, 2.75) is 52.6 Å². The fourth-order valence-corrected chi connectivity index (χ4v) is 5.09. The molecule has 0 aliphatic carbocycles. The van der Waals surface area contributed by atoms with Crippen molar-refractivity contribution >= 4 is 34.2 Å². The molecule has 2 amide bonds. The molecule has 1 saturated heterocycles. The molecule has 1 aromatic heterocycles. The predicted octanol–water partition coefficient (Wildman–Crippen LogP) is 6.38. The number of nitrogens with one attached hydrogen (secondary N) is 3. The molecule has 4 N–H and O–H groups in total. The van der Waals surface area contributed by atoms with Crippen LogP contribution in [0.1, 0.15) is 46.5 Å². The topological polar surface area (TPSA) is 114 Å². The summed E-state index contributed by atoms with van der Waals surface area (Å²) in [5.41, 5.74) is 1.30. The summed E-state index contributed by atoms with van der Waals surface area (Å²) in [6, 6.07) is 10.3. The standard InChI is InChI=1S/C31H41ClN4O5/c1-31(2,3)11-15-35-30(38)36-24-6-5-21(17-23(24)32)40-27-9-14-34-25-19-29(28(39-4)18-22(25)27)41-26(10-16-37)20-7-12-33-13-8-20/h5-6,9,14,17-20,26,33,37H,7-8,10-13,15-16H2,1-4H3,(H2,35,36,38). The van der Waals surface area contributed by atoms with Crippen molar-refractivity contribution in [3.8, 4) is 23.0 Å². The Morgan fingerprint density at radius 1 is 1.15 bits per heavy atom. The third-order valence-corrected chi connectivity index (χ3v) is 7.48. The molecule has 3 aromatic rings. The van der Waals surface area contributed by atoms with E-state index in [-0.39, 0.29) is 24.2 Å². The molecule has 0 spiro atoms. The minimum Gasteiger partial charge on any atom is -0.493 e. The Hall–Kier alpha value is -3.27. The number of carbonyl (C=O) groups is 1. The average molecular weight is 585 g/mol. The number of pyridine rings is 1. The van der Waals surface area contributed by atoms with Crippen LogP contribution in [0.5, 0.6) is 23.0 Å². The van der Waals surface area contributed by atoms with Gasteiger partial charge in [-0.15, -0.1) is 0 Å². The van der Waals surface area contributed by atoms with E-state index >= 15 is 0 Å². The third kappa shape index (κ3) is 8.61. The van der Waals surface area contributed by atoms with Crippen LogP contribution in [0.3, 0.4) is 0 Å². The molecule has 1 aliphatic heterocycles. The molecular weight excluding hydrogens is 544 g/mol. The first-order valence-electron chi connectivity index (χ1n) is 14.1. The van der Waals surface area contributed by atoms with Crippen molar-refractivity contribution in [2.75, 3.05) is 38.7 Å². The lowest BCUT2D eigenvalue weighted by Crippen LogP contribution is -2.37. The molecule has 4 rings (SSSR count). The second-order valence-electron chi connectivity index (χ2n) is 11.5. The minimum absolute atomic E-state index is 0.0550. The number of aliphatic hydroxyl groups excluding tert-OH is 1. The second-order valence-corrected chi connectivity index (χ2v) is 11.9. The molecule has 0 bridgehead atoms. The van der Waals surface area contributed by atoms with Crippen molar-refractivity contribution < 1.29 is 24.1 Å². The van der Waals surface area contributed by atoms with Crippen molar-refractivity contribution in [1.29, 1.82) is 0 Å². The number of carbonyl (C=O) groups excluding carboxylic acids is 1. The monoisotopic (exact) mass is 584 g/mol. The summed E-state index contributed by atoms with van der Waals surface area (Å²) in [5, 5.41) is 19.8. The van der Waals surface area contributed by atoms with E-state index in [0.717, 1.165) is 37.7 Å². The summed E-state index contributed by atoms with van der Waals surface area (Å²) >= 11 is 6.48. The number of anilines is 1. The van der Waals surface area contributed by atoms with Gasteiger partial charge in [0, 0.05) is 43.3 Å². The normalized spacial score (nSPS) is 14.9. The number of aromatic nitrogens is 1. The highest BCUT2D eigenvalue weighted by atomic mass is 35.5. The van der Waals surface area contributed by atoms with Crippen LogP contribution in [0.15, 0.2) is 42.6 Å². The fourth-order valence-electron chi connectivity index (χ4n) is 4.87. The van der Waals surface area contributed by atoms with Crippen LogP contribution in [-0.4, -0.2) is 55.6 Å². The van der Waals surface area contributed by atoms with Crippen molar-refractivity contribution in [1.82, 2.24) is 15.6 Å². The Morgan fingerprint density at radius 3 is 2.61 bits per heavy atom.